The van der Waals surface area contributed by atoms with E-state index in [2.05, 4.69) is 29.5 Å². The first-order chi connectivity index (χ1) is 16.1. The van der Waals surface area contributed by atoms with Gasteiger partial charge in [0, 0.05) is 35.5 Å². The normalized spacial score (nSPS) is 18.5. The maximum absolute atomic E-state index is 13.7. The highest BCUT2D eigenvalue weighted by Gasteiger charge is 2.31. The minimum Gasteiger partial charge on any atom is -0.325 e. The van der Waals surface area contributed by atoms with Gasteiger partial charge in [0.1, 0.15) is 5.82 Å². The van der Waals surface area contributed by atoms with Gasteiger partial charge in [0.2, 0.25) is 0 Å². The molecule has 0 spiro atoms. The zero-order valence-corrected chi connectivity index (χ0v) is 19.8. The van der Waals surface area contributed by atoms with Crippen LogP contribution in [0.1, 0.15) is 50.5 Å². The van der Waals surface area contributed by atoms with Crippen molar-refractivity contribution in [3.63, 3.8) is 0 Å². The van der Waals surface area contributed by atoms with Crippen LogP contribution in [0.15, 0.2) is 42.6 Å². The standard InChI is InChI=1S/C25H27F3N4OS/c1-25(2,29)16-7-3-15(4-8-16)23-30-13-22(34-23)14-5-9-17(10-6-14)31-24(33)32-21-12-19(27)18(26)11-20(21)28/h5-6,9-13,15-16H,3-4,7-8,29H2,1-2H3,(H2,31,32,33). The molecule has 9 heteroatoms. The minimum absolute atomic E-state index is 0.144. The van der Waals surface area contributed by atoms with Crippen LogP contribution in [0.4, 0.5) is 29.3 Å². The molecule has 1 saturated carbocycles. The fraction of sp³-hybridized carbons (Fsp3) is 0.360. The molecule has 4 N–H and O–H groups in total. The van der Waals surface area contributed by atoms with Crippen molar-refractivity contribution in [1.29, 1.82) is 0 Å². The highest BCUT2D eigenvalue weighted by Crippen LogP contribution is 2.41. The monoisotopic (exact) mass is 488 g/mol. The third-order valence-electron chi connectivity index (χ3n) is 6.34. The van der Waals surface area contributed by atoms with Crippen molar-refractivity contribution >= 4 is 28.7 Å². The molecule has 34 heavy (non-hydrogen) atoms. The van der Waals surface area contributed by atoms with Crippen LogP contribution in [-0.2, 0) is 0 Å². The zero-order valence-electron chi connectivity index (χ0n) is 19.0. The average Bonchev–Trinajstić information content (AvgIpc) is 3.28. The van der Waals surface area contributed by atoms with E-state index in [0.717, 1.165) is 41.1 Å². The van der Waals surface area contributed by atoms with E-state index in [1.165, 1.54) is 0 Å². The Morgan fingerprint density at radius 3 is 2.29 bits per heavy atom. The molecule has 0 atom stereocenters. The topological polar surface area (TPSA) is 80.0 Å². The molecule has 1 aromatic heterocycles. The molecule has 2 aromatic carbocycles. The van der Waals surface area contributed by atoms with Gasteiger partial charge < -0.3 is 16.4 Å². The Hall–Kier alpha value is -2.91. The summed E-state index contributed by atoms with van der Waals surface area (Å²) >= 11 is 1.68. The summed E-state index contributed by atoms with van der Waals surface area (Å²) in [6, 6.07) is 7.35. The molecular weight excluding hydrogens is 461 g/mol. The number of nitrogens with zero attached hydrogens (tertiary/aromatic N) is 1. The van der Waals surface area contributed by atoms with Crippen molar-refractivity contribution in [3.8, 4) is 10.4 Å². The first kappa shape index (κ1) is 24.2. The molecule has 0 radical (unpaired) electrons. The van der Waals surface area contributed by atoms with Crippen LogP contribution in [0.5, 0.6) is 0 Å². The number of benzene rings is 2. The van der Waals surface area contributed by atoms with Crippen LogP contribution in [0, 0.1) is 23.4 Å². The SMILES string of the molecule is CC(C)(N)C1CCC(c2ncc(-c3ccc(NC(=O)Nc4cc(F)c(F)cc4F)cc3)s2)CC1. The molecule has 1 heterocycles. The van der Waals surface area contributed by atoms with Crippen LogP contribution in [-0.4, -0.2) is 16.6 Å². The van der Waals surface area contributed by atoms with E-state index in [-0.39, 0.29) is 5.54 Å². The number of rotatable bonds is 5. The maximum atomic E-state index is 13.7. The Morgan fingerprint density at radius 1 is 1.00 bits per heavy atom. The molecule has 1 aliphatic carbocycles. The van der Waals surface area contributed by atoms with Crippen LogP contribution in [0.2, 0.25) is 0 Å². The number of hydrogen-bond donors (Lipinski definition) is 3. The number of nitrogens with two attached hydrogens (primary N) is 1. The van der Waals surface area contributed by atoms with Crippen LogP contribution < -0.4 is 16.4 Å². The quantitative estimate of drug-likeness (QED) is 0.342. The van der Waals surface area contributed by atoms with Gasteiger partial charge in [0.25, 0.3) is 0 Å². The third kappa shape index (κ3) is 5.59. The van der Waals surface area contributed by atoms with Crippen molar-refractivity contribution in [3.05, 3.63) is 65.1 Å². The molecule has 0 bridgehead atoms. The predicted octanol–water partition coefficient (Wildman–Crippen LogP) is 6.88. The van der Waals surface area contributed by atoms with E-state index in [1.807, 2.05) is 18.3 Å². The predicted molar refractivity (Wildman–Crippen MR) is 129 cm³/mol. The van der Waals surface area contributed by atoms with Crippen molar-refractivity contribution < 1.29 is 18.0 Å². The van der Waals surface area contributed by atoms with E-state index >= 15 is 0 Å². The highest BCUT2D eigenvalue weighted by molar-refractivity contribution is 7.15. The number of halogens is 3. The fourth-order valence-corrected chi connectivity index (χ4v) is 5.41. The highest BCUT2D eigenvalue weighted by atomic mass is 32.1. The summed E-state index contributed by atoms with van der Waals surface area (Å²) in [6.45, 7) is 4.20. The van der Waals surface area contributed by atoms with Gasteiger partial charge in [0.05, 0.1) is 15.6 Å². The van der Waals surface area contributed by atoms with E-state index in [1.54, 1.807) is 23.5 Å². The van der Waals surface area contributed by atoms with E-state index in [9.17, 15) is 18.0 Å². The second-order valence-electron chi connectivity index (χ2n) is 9.34. The average molecular weight is 489 g/mol. The lowest BCUT2D eigenvalue weighted by atomic mass is 9.74. The molecule has 5 nitrogen and oxygen atoms in total. The van der Waals surface area contributed by atoms with Gasteiger partial charge in [-0.1, -0.05) is 12.1 Å². The molecule has 180 valence electrons. The number of nitrogens with one attached hydrogen (secondary N) is 2. The van der Waals surface area contributed by atoms with Gasteiger partial charge in [-0.05, 0) is 63.1 Å². The summed E-state index contributed by atoms with van der Waals surface area (Å²) in [7, 11) is 0. The molecule has 3 aromatic rings. The molecule has 0 aliphatic heterocycles. The van der Waals surface area contributed by atoms with E-state index in [0.29, 0.717) is 29.7 Å². The van der Waals surface area contributed by atoms with Crippen molar-refractivity contribution in [1.82, 2.24) is 4.98 Å². The largest absolute Gasteiger partial charge is 0.325 e. The summed E-state index contributed by atoms with van der Waals surface area (Å²) in [6.07, 6.45) is 6.28. The number of urea groups is 1. The summed E-state index contributed by atoms with van der Waals surface area (Å²) in [5, 5.41) is 5.86. The Balaban J connectivity index is 1.36. The van der Waals surface area contributed by atoms with Gasteiger partial charge in [0.15, 0.2) is 11.6 Å². The lowest BCUT2D eigenvalue weighted by Gasteiger charge is -2.36. The molecular formula is C25H27F3N4OS. The lowest BCUT2D eigenvalue weighted by molar-refractivity contribution is 0.224. The number of aromatic nitrogens is 1. The minimum atomic E-state index is -1.32. The van der Waals surface area contributed by atoms with Crippen molar-refractivity contribution in [2.45, 2.75) is 51.0 Å². The number of amides is 2. The van der Waals surface area contributed by atoms with Gasteiger partial charge in [-0.25, -0.2) is 22.9 Å². The molecule has 4 rings (SSSR count). The summed E-state index contributed by atoms with van der Waals surface area (Å²) in [5.41, 5.74) is 7.13. The van der Waals surface area contributed by atoms with Crippen LogP contribution in [0.3, 0.4) is 0 Å². The second kappa shape index (κ2) is 9.76. The summed E-state index contributed by atoms with van der Waals surface area (Å²) in [4.78, 5) is 17.8. The van der Waals surface area contributed by atoms with Gasteiger partial charge in [-0.15, -0.1) is 11.3 Å². The Bertz CT molecular complexity index is 1170. The smallest absolute Gasteiger partial charge is 0.323 e. The molecule has 0 unspecified atom stereocenters. The van der Waals surface area contributed by atoms with Crippen LogP contribution >= 0.6 is 11.3 Å². The Labute approximate surface area is 200 Å². The Kier molecular flexibility index (Phi) is 6.95. The van der Waals surface area contributed by atoms with Gasteiger partial charge >= 0.3 is 6.03 Å². The van der Waals surface area contributed by atoms with Crippen LogP contribution in [0.25, 0.3) is 10.4 Å². The molecule has 1 aliphatic rings. The maximum Gasteiger partial charge on any atom is 0.323 e. The number of carbonyl (C=O) groups excluding carboxylic acids is 1. The second-order valence-corrected chi connectivity index (χ2v) is 10.4. The fourth-order valence-electron chi connectivity index (χ4n) is 4.32. The van der Waals surface area contributed by atoms with Crippen molar-refractivity contribution in [2.24, 2.45) is 11.7 Å². The first-order valence-electron chi connectivity index (χ1n) is 11.2. The lowest BCUT2D eigenvalue weighted by Crippen LogP contribution is -2.42. The van der Waals surface area contributed by atoms with E-state index < -0.39 is 29.2 Å². The molecule has 0 saturated heterocycles. The first-order valence-corrected chi connectivity index (χ1v) is 12.0. The van der Waals surface area contributed by atoms with Gasteiger partial charge in [-0.3, -0.25) is 0 Å². The zero-order chi connectivity index (χ0) is 24.5. The van der Waals surface area contributed by atoms with Crippen molar-refractivity contribution in [2.75, 3.05) is 10.6 Å². The third-order valence-corrected chi connectivity index (χ3v) is 7.55. The molecule has 2 amide bonds. The summed E-state index contributed by atoms with van der Waals surface area (Å²) < 4.78 is 40.1. The number of carbonyl (C=O) groups is 1. The summed E-state index contributed by atoms with van der Waals surface area (Å²) in [5.74, 6) is -2.64. The number of thiazole rings is 1. The number of hydrogen-bond acceptors (Lipinski definition) is 4. The number of anilines is 2. The molecule has 1 fully saturated rings. The Morgan fingerprint density at radius 2 is 1.65 bits per heavy atom. The van der Waals surface area contributed by atoms with E-state index in [4.69, 9.17) is 5.73 Å². The van der Waals surface area contributed by atoms with Gasteiger partial charge in [-0.2, -0.15) is 0 Å².